The van der Waals surface area contributed by atoms with Gasteiger partial charge in [0, 0.05) is 24.4 Å². The van der Waals surface area contributed by atoms with Crippen LogP contribution in [0.25, 0.3) is 6.08 Å². The first-order valence-electron chi connectivity index (χ1n) is 6.52. The molecular formula is C15H15F2NO. The number of benzene rings is 1. The van der Waals surface area contributed by atoms with Gasteiger partial charge in [0.15, 0.2) is 0 Å². The normalized spacial score (nSPS) is 23.4. The van der Waals surface area contributed by atoms with E-state index >= 15 is 0 Å². The molecule has 1 amide bonds. The summed E-state index contributed by atoms with van der Waals surface area (Å²) in [7, 11) is 0. The Morgan fingerprint density at radius 2 is 2.21 bits per heavy atom. The lowest BCUT2D eigenvalue weighted by molar-refractivity contribution is -0.120. The monoisotopic (exact) mass is 263 g/mol. The van der Waals surface area contributed by atoms with Gasteiger partial charge in [-0.3, -0.25) is 4.79 Å². The van der Waals surface area contributed by atoms with Crippen LogP contribution >= 0.6 is 0 Å². The van der Waals surface area contributed by atoms with E-state index < -0.39 is 11.8 Å². The molecule has 1 saturated carbocycles. The zero-order valence-corrected chi connectivity index (χ0v) is 10.5. The predicted molar refractivity (Wildman–Crippen MR) is 70.1 cm³/mol. The van der Waals surface area contributed by atoms with Crippen molar-refractivity contribution >= 4 is 17.7 Å². The van der Waals surface area contributed by atoms with E-state index in [1.807, 2.05) is 24.3 Å². The van der Waals surface area contributed by atoms with Crippen molar-refractivity contribution in [2.45, 2.75) is 31.6 Å². The van der Waals surface area contributed by atoms with Crippen LogP contribution in [0.1, 0.15) is 30.4 Å². The number of fused-ring (bicyclic) bond motifs is 1. The molecule has 0 saturated heterocycles. The van der Waals surface area contributed by atoms with E-state index in [0.717, 1.165) is 12.0 Å². The molecule has 1 unspecified atom stereocenters. The molecule has 1 atom stereocenters. The average molecular weight is 263 g/mol. The van der Waals surface area contributed by atoms with Crippen molar-refractivity contribution in [3.8, 4) is 0 Å². The topological polar surface area (TPSA) is 29.1 Å². The number of rotatable bonds is 2. The minimum Gasteiger partial charge on any atom is -0.326 e. The van der Waals surface area contributed by atoms with Crippen molar-refractivity contribution in [2.24, 2.45) is 5.92 Å². The smallest absolute Gasteiger partial charge is 0.248 e. The molecule has 19 heavy (non-hydrogen) atoms. The van der Waals surface area contributed by atoms with Crippen LogP contribution in [0.3, 0.4) is 0 Å². The van der Waals surface area contributed by atoms with Gasteiger partial charge in [-0.15, -0.1) is 0 Å². The van der Waals surface area contributed by atoms with Crippen molar-refractivity contribution in [1.29, 1.82) is 0 Å². The lowest BCUT2D eigenvalue weighted by atomic mass is 10.1. The Kier molecular flexibility index (Phi) is 2.88. The van der Waals surface area contributed by atoms with Crippen LogP contribution in [0.15, 0.2) is 24.3 Å². The lowest BCUT2D eigenvalue weighted by Crippen LogP contribution is -2.22. The molecule has 1 N–H and O–H groups in total. The molecule has 0 heterocycles. The van der Waals surface area contributed by atoms with Crippen molar-refractivity contribution in [2.75, 3.05) is 5.32 Å². The van der Waals surface area contributed by atoms with Gasteiger partial charge in [-0.05, 0) is 36.1 Å². The van der Waals surface area contributed by atoms with Gasteiger partial charge < -0.3 is 5.32 Å². The molecule has 2 nitrogen and oxygen atoms in total. The fourth-order valence-corrected chi connectivity index (χ4v) is 2.74. The SMILES string of the molecule is O=C(Nc1ccc2c(c1)C=CC2)C1CCC(F)(F)C1. The predicted octanol–water partition coefficient (Wildman–Crippen LogP) is 3.63. The lowest BCUT2D eigenvalue weighted by Gasteiger charge is -2.12. The number of carbonyl (C=O) groups is 1. The number of carbonyl (C=O) groups excluding carboxylic acids is 1. The van der Waals surface area contributed by atoms with Crippen LogP contribution in [-0.2, 0) is 11.2 Å². The molecule has 4 heteroatoms. The van der Waals surface area contributed by atoms with Crippen LogP contribution in [-0.4, -0.2) is 11.8 Å². The number of nitrogens with one attached hydrogen (secondary N) is 1. The Bertz CT molecular complexity index is 551. The Labute approximate surface area is 110 Å². The maximum Gasteiger partial charge on any atom is 0.248 e. The van der Waals surface area contributed by atoms with E-state index in [0.29, 0.717) is 5.69 Å². The van der Waals surface area contributed by atoms with Gasteiger partial charge in [-0.25, -0.2) is 8.78 Å². The van der Waals surface area contributed by atoms with Crippen molar-refractivity contribution in [1.82, 2.24) is 0 Å². The second-order valence-electron chi connectivity index (χ2n) is 5.31. The molecule has 0 spiro atoms. The molecule has 1 fully saturated rings. The molecule has 1 aromatic rings. The second kappa shape index (κ2) is 4.44. The molecule has 0 aliphatic heterocycles. The first-order chi connectivity index (χ1) is 9.03. The number of anilines is 1. The summed E-state index contributed by atoms with van der Waals surface area (Å²) in [6, 6.07) is 5.69. The van der Waals surface area contributed by atoms with Crippen molar-refractivity contribution in [3.63, 3.8) is 0 Å². The number of halogens is 2. The van der Waals surface area contributed by atoms with Crippen molar-refractivity contribution < 1.29 is 13.6 Å². The van der Waals surface area contributed by atoms with E-state index in [1.165, 1.54) is 5.56 Å². The summed E-state index contributed by atoms with van der Waals surface area (Å²) in [6.07, 6.45) is 4.74. The molecule has 2 aliphatic rings. The summed E-state index contributed by atoms with van der Waals surface area (Å²) in [5.41, 5.74) is 3.01. The highest BCUT2D eigenvalue weighted by Gasteiger charge is 2.42. The van der Waals surface area contributed by atoms with E-state index in [2.05, 4.69) is 11.4 Å². The fraction of sp³-hybridized carbons (Fsp3) is 0.400. The number of amides is 1. The highest BCUT2D eigenvalue weighted by molar-refractivity contribution is 5.93. The first-order valence-corrected chi connectivity index (χ1v) is 6.52. The highest BCUT2D eigenvalue weighted by atomic mass is 19.3. The summed E-state index contributed by atoms with van der Waals surface area (Å²) in [4.78, 5) is 11.9. The standard InChI is InChI=1S/C15H15F2NO/c16-15(17)7-6-12(9-15)14(19)18-13-5-4-10-2-1-3-11(10)8-13/h1,3-5,8,12H,2,6-7,9H2,(H,18,19). The van der Waals surface area contributed by atoms with Crippen LogP contribution in [0.5, 0.6) is 0 Å². The summed E-state index contributed by atoms with van der Waals surface area (Å²) in [5.74, 6) is -3.54. The molecule has 100 valence electrons. The molecule has 0 radical (unpaired) electrons. The van der Waals surface area contributed by atoms with Crippen molar-refractivity contribution in [3.05, 3.63) is 35.4 Å². The Hall–Kier alpha value is -1.71. The third-order valence-electron chi connectivity index (χ3n) is 3.82. The van der Waals surface area contributed by atoms with Crippen LogP contribution in [0, 0.1) is 5.92 Å². The summed E-state index contributed by atoms with van der Waals surface area (Å²) >= 11 is 0. The number of hydrogen-bond acceptors (Lipinski definition) is 1. The maximum absolute atomic E-state index is 13.1. The third kappa shape index (κ3) is 2.53. The van der Waals surface area contributed by atoms with Crippen LogP contribution in [0.4, 0.5) is 14.5 Å². The fourth-order valence-electron chi connectivity index (χ4n) is 2.74. The molecule has 3 rings (SSSR count). The first kappa shape index (κ1) is 12.3. The van der Waals surface area contributed by atoms with Gasteiger partial charge in [0.2, 0.25) is 11.8 Å². The van der Waals surface area contributed by atoms with Gasteiger partial charge in [-0.2, -0.15) is 0 Å². The second-order valence-corrected chi connectivity index (χ2v) is 5.31. The van der Waals surface area contributed by atoms with E-state index in [-0.39, 0.29) is 25.2 Å². The largest absolute Gasteiger partial charge is 0.326 e. The van der Waals surface area contributed by atoms with Crippen LogP contribution in [0.2, 0.25) is 0 Å². The van der Waals surface area contributed by atoms with Gasteiger partial charge >= 0.3 is 0 Å². The average Bonchev–Trinajstić information content (AvgIpc) is 2.94. The third-order valence-corrected chi connectivity index (χ3v) is 3.82. The zero-order valence-electron chi connectivity index (χ0n) is 10.5. The number of hydrogen-bond donors (Lipinski definition) is 1. The minimum absolute atomic E-state index is 0.183. The molecule has 0 bridgehead atoms. The highest BCUT2D eigenvalue weighted by Crippen LogP contribution is 2.39. The molecule has 1 aromatic carbocycles. The molecule has 0 aromatic heterocycles. The molecule has 2 aliphatic carbocycles. The molecular weight excluding hydrogens is 248 g/mol. The Morgan fingerprint density at radius 1 is 1.37 bits per heavy atom. The van der Waals surface area contributed by atoms with E-state index in [9.17, 15) is 13.6 Å². The van der Waals surface area contributed by atoms with E-state index in [4.69, 9.17) is 0 Å². The zero-order chi connectivity index (χ0) is 13.5. The number of allylic oxidation sites excluding steroid dienone is 1. The summed E-state index contributed by atoms with van der Waals surface area (Å²) < 4.78 is 26.2. The number of alkyl halides is 2. The maximum atomic E-state index is 13.1. The Morgan fingerprint density at radius 3 is 2.95 bits per heavy atom. The minimum atomic E-state index is -2.68. The summed E-state index contributed by atoms with van der Waals surface area (Å²) in [5, 5.41) is 2.75. The van der Waals surface area contributed by atoms with Gasteiger partial charge in [0.25, 0.3) is 0 Å². The van der Waals surface area contributed by atoms with Crippen LogP contribution < -0.4 is 5.32 Å². The van der Waals surface area contributed by atoms with Gasteiger partial charge in [-0.1, -0.05) is 18.2 Å². The van der Waals surface area contributed by atoms with E-state index in [1.54, 1.807) is 0 Å². The van der Waals surface area contributed by atoms with Gasteiger partial charge in [0.05, 0.1) is 0 Å². The van der Waals surface area contributed by atoms with Gasteiger partial charge in [0.1, 0.15) is 0 Å². The summed E-state index contributed by atoms with van der Waals surface area (Å²) in [6.45, 7) is 0. The Balaban J connectivity index is 1.68. The quantitative estimate of drug-likeness (QED) is 0.867.